The summed E-state index contributed by atoms with van der Waals surface area (Å²) in [5, 5.41) is 10.3. The van der Waals surface area contributed by atoms with Gasteiger partial charge in [0.15, 0.2) is 0 Å². The lowest BCUT2D eigenvalue weighted by Crippen LogP contribution is -2.43. The minimum atomic E-state index is -0.0716. The Labute approximate surface area is 147 Å². The van der Waals surface area contributed by atoms with Gasteiger partial charge in [-0.1, -0.05) is 18.6 Å². The molecular formula is C15H21Cl2N5O. The molecule has 2 aromatic rings. The summed E-state index contributed by atoms with van der Waals surface area (Å²) < 4.78 is 1.75. The smallest absolute Gasteiger partial charge is 0.241 e. The zero-order valence-electron chi connectivity index (χ0n) is 12.6. The Bertz CT molecular complexity index is 600. The van der Waals surface area contributed by atoms with Crippen molar-refractivity contribution in [1.82, 2.24) is 20.1 Å². The van der Waals surface area contributed by atoms with E-state index in [4.69, 9.17) is 0 Å². The van der Waals surface area contributed by atoms with Crippen molar-refractivity contribution in [3.63, 3.8) is 0 Å². The monoisotopic (exact) mass is 357 g/mol. The zero-order valence-corrected chi connectivity index (χ0v) is 14.3. The summed E-state index contributed by atoms with van der Waals surface area (Å²) in [5.74, 6) is 0.0487. The minimum absolute atomic E-state index is 0. The van der Waals surface area contributed by atoms with E-state index < -0.39 is 0 Å². The number of nitrogens with one attached hydrogen (secondary N) is 2. The van der Waals surface area contributed by atoms with Crippen LogP contribution in [0.3, 0.4) is 0 Å². The summed E-state index contributed by atoms with van der Waals surface area (Å²) in [7, 11) is 0. The third-order valence-electron chi connectivity index (χ3n) is 3.63. The van der Waals surface area contributed by atoms with Gasteiger partial charge in [0, 0.05) is 5.69 Å². The van der Waals surface area contributed by atoms with Gasteiger partial charge in [-0.3, -0.25) is 4.79 Å². The van der Waals surface area contributed by atoms with Crippen LogP contribution in [0.4, 0.5) is 5.69 Å². The zero-order chi connectivity index (χ0) is 14.5. The fourth-order valence-electron chi connectivity index (χ4n) is 2.55. The number of aromatic nitrogens is 3. The van der Waals surface area contributed by atoms with E-state index in [0.29, 0.717) is 6.54 Å². The van der Waals surface area contributed by atoms with Crippen LogP contribution in [0.15, 0.2) is 36.9 Å². The summed E-state index contributed by atoms with van der Waals surface area (Å²) in [6.45, 7) is 1.57. The average Bonchev–Trinajstić information content (AvgIpc) is 3.01. The molecule has 3 rings (SSSR count). The van der Waals surface area contributed by atoms with Crippen molar-refractivity contribution < 1.29 is 4.79 Å². The van der Waals surface area contributed by atoms with Crippen LogP contribution >= 0.6 is 24.8 Å². The molecule has 0 aliphatic carbocycles. The van der Waals surface area contributed by atoms with Gasteiger partial charge in [-0.15, -0.1) is 24.8 Å². The number of carbonyl (C=O) groups is 1. The Morgan fingerprint density at radius 2 is 2.22 bits per heavy atom. The van der Waals surface area contributed by atoms with E-state index in [9.17, 15) is 4.79 Å². The third-order valence-corrected chi connectivity index (χ3v) is 3.63. The van der Waals surface area contributed by atoms with Crippen LogP contribution in [0.2, 0.25) is 0 Å². The lowest BCUT2D eigenvalue weighted by atomic mass is 10.0. The van der Waals surface area contributed by atoms with Gasteiger partial charge in [0.2, 0.25) is 5.91 Å². The summed E-state index contributed by atoms with van der Waals surface area (Å²) in [6, 6.07) is 7.76. The molecule has 1 aliphatic rings. The van der Waals surface area contributed by atoms with Crippen molar-refractivity contribution in [2.45, 2.75) is 31.8 Å². The van der Waals surface area contributed by atoms with Crippen LogP contribution < -0.4 is 10.6 Å². The van der Waals surface area contributed by atoms with E-state index in [2.05, 4.69) is 20.7 Å². The Morgan fingerprint density at radius 1 is 1.35 bits per heavy atom. The van der Waals surface area contributed by atoms with Gasteiger partial charge in [0.25, 0.3) is 0 Å². The number of benzene rings is 1. The summed E-state index contributed by atoms with van der Waals surface area (Å²) in [5.41, 5.74) is 1.90. The number of amides is 1. The Hall–Kier alpha value is -1.63. The first-order chi connectivity index (χ1) is 10.3. The summed E-state index contributed by atoms with van der Waals surface area (Å²) in [4.78, 5) is 16.1. The van der Waals surface area contributed by atoms with Gasteiger partial charge < -0.3 is 10.6 Å². The van der Waals surface area contributed by atoms with E-state index >= 15 is 0 Å². The molecule has 1 saturated heterocycles. The number of carbonyl (C=O) groups excluding carboxylic acids is 1. The highest BCUT2D eigenvalue weighted by molar-refractivity contribution is 5.94. The highest BCUT2D eigenvalue weighted by Crippen LogP contribution is 2.14. The van der Waals surface area contributed by atoms with Gasteiger partial charge in [-0.05, 0) is 37.1 Å². The SMILES string of the molecule is Cl.Cl.O=C(Nc1cccc(Cn2cncn2)c1)[C@@H]1CCCCN1. The normalized spacial score (nSPS) is 16.8. The number of anilines is 1. The van der Waals surface area contributed by atoms with Crippen LogP contribution in [-0.4, -0.2) is 33.3 Å². The Kier molecular flexibility index (Phi) is 8.02. The third kappa shape index (κ3) is 5.49. The molecule has 6 nitrogen and oxygen atoms in total. The van der Waals surface area contributed by atoms with Crippen molar-refractivity contribution in [2.75, 3.05) is 11.9 Å². The maximum absolute atomic E-state index is 12.2. The van der Waals surface area contributed by atoms with E-state index in [0.717, 1.165) is 37.1 Å². The molecule has 1 aromatic carbocycles. The predicted molar refractivity (Wildman–Crippen MR) is 94.3 cm³/mol. The number of hydrogen-bond acceptors (Lipinski definition) is 4. The number of nitrogens with zero attached hydrogens (tertiary/aromatic N) is 3. The standard InChI is InChI=1S/C15H19N5O.2ClH/c21-15(14-6-1-2-7-17-14)19-13-5-3-4-12(8-13)9-20-11-16-10-18-20;;/h3-5,8,10-11,14,17H,1-2,6-7,9H2,(H,19,21);2*1H/t14-;;/m0../s1. The second-order valence-electron chi connectivity index (χ2n) is 5.29. The molecule has 0 bridgehead atoms. The van der Waals surface area contributed by atoms with Crippen LogP contribution in [0.1, 0.15) is 24.8 Å². The summed E-state index contributed by atoms with van der Waals surface area (Å²) in [6.07, 6.45) is 6.36. The van der Waals surface area contributed by atoms with E-state index in [-0.39, 0.29) is 36.8 Å². The number of halogens is 2. The topological polar surface area (TPSA) is 71.8 Å². The van der Waals surface area contributed by atoms with Crippen LogP contribution in [-0.2, 0) is 11.3 Å². The molecule has 126 valence electrons. The van der Waals surface area contributed by atoms with E-state index in [1.807, 2.05) is 24.3 Å². The van der Waals surface area contributed by atoms with Crippen molar-refractivity contribution in [3.05, 3.63) is 42.5 Å². The molecule has 8 heteroatoms. The molecule has 0 saturated carbocycles. The maximum Gasteiger partial charge on any atom is 0.241 e. The van der Waals surface area contributed by atoms with Gasteiger partial charge in [0.05, 0.1) is 12.6 Å². The fourth-order valence-corrected chi connectivity index (χ4v) is 2.55. The lowest BCUT2D eigenvalue weighted by Gasteiger charge is -2.22. The highest BCUT2D eigenvalue weighted by atomic mass is 35.5. The quantitative estimate of drug-likeness (QED) is 0.880. The lowest BCUT2D eigenvalue weighted by molar-refractivity contribution is -0.118. The number of rotatable bonds is 4. The van der Waals surface area contributed by atoms with E-state index in [1.54, 1.807) is 11.0 Å². The fraction of sp³-hybridized carbons (Fsp3) is 0.400. The minimum Gasteiger partial charge on any atom is -0.325 e. The largest absolute Gasteiger partial charge is 0.325 e. The Morgan fingerprint density at radius 3 is 2.91 bits per heavy atom. The van der Waals surface area contributed by atoms with Crippen LogP contribution in [0, 0.1) is 0 Å². The predicted octanol–water partition coefficient (Wildman–Crippen LogP) is 2.25. The van der Waals surface area contributed by atoms with Gasteiger partial charge in [-0.25, -0.2) is 9.67 Å². The first-order valence-electron chi connectivity index (χ1n) is 7.27. The second-order valence-corrected chi connectivity index (χ2v) is 5.29. The van der Waals surface area contributed by atoms with Gasteiger partial charge >= 0.3 is 0 Å². The number of piperidine rings is 1. The van der Waals surface area contributed by atoms with Crippen molar-refractivity contribution in [2.24, 2.45) is 0 Å². The molecule has 1 aromatic heterocycles. The first-order valence-corrected chi connectivity index (χ1v) is 7.27. The molecule has 1 atom stereocenters. The van der Waals surface area contributed by atoms with Gasteiger partial charge in [0.1, 0.15) is 12.7 Å². The number of hydrogen-bond donors (Lipinski definition) is 2. The molecule has 1 fully saturated rings. The molecule has 0 radical (unpaired) electrons. The van der Waals surface area contributed by atoms with Crippen LogP contribution in [0.25, 0.3) is 0 Å². The van der Waals surface area contributed by atoms with Crippen molar-refractivity contribution in [1.29, 1.82) is 0 Å². The molecular weight excluding hydrogens is 337 g/mol. The van der Waals surface area contributed by atoms with Gasteiger partial charge in [-0.2, -0.15) is 5.10 Å². The molecule has 2 heterocycles. The second kappa shape index (κ2) is 9.50. The van der Waals surface area contributed by atoms with E-state index in [1.165, 1.54) is 6.33 Å². The van der Waals surface area contributed by atoms with Crippen molar-refractivity contribution in [3.8, 4) is 0 Å². The summed E-state index contributed by atoms with van der Waals surface area (Å²) >= 11 is 0. The Balaban J connectivity index is 0.00000132. The maximum atomic E-state index is 12.2. The average molecular weight is 358 g/mol. The van der Waals surface area contributed by atoms with Crippen molar-refractivity contribution >= 4 is 36.4 Å². The molecule has 1 aliphatic heterocycles. The molecule has 0 unspecified atom stereocenters. The molecule has 23 heavy (non-hydrogen) atoms. The molecule has 2 N–H and O–H groups in total. The molecule has 0 spiro atoms. The first kappa shape index (κ1) is 19.4. The van der Waals surface area contributed by atoms with Crippen LogP contribution in [0.5, 0.6) is 0 Å². The molecule has 1 amide bonds. The highest BCUT2D eigenvalue weighted by Gasteiger charge is 2.20.